The second kappa shape index (κ2) is 11.3. The van der Waals surface area contributed by atoms with Crippen molar-refractivity contribution in [1.82, 2.24) is 14.0 Å². The molecule has 44 heavy (non-hydrogen) atoms. The van der Waals surface area contributed by atoms with Gasteiger partial charge in [-0.15, -0.1) is 18.3 Å². The van der Waals surface area contributed by atoms with Crippen LogP contribution >= 0.6 is 11.8 Å². The topological polar surface area (TPSA) is 93.6 Å². The number of alkyl halides is 3. The molecule has 224 valence electrons. The molecule has 2 aromatic heterocycles. The van der Waals surface area contributed by atoms with Crippen molar-refractivity contribution in [3.8, 4) is 17.0 Å². The average molecular weight is 619 g/mol. The van der Waals surface area contributed by atoms with Gasteiger partial charge in [0.2, 0.25) is 5.91 Å². The maximum atomic E-state index is 13.4. The number of nitrogens with zero attached hydrogens (tertiary/aromatic N) is 6. The Kier molecular flexibility index (Phi) is 7.49. The fraction of sp³-hybridized carbons (Fsp3) is 0.194. The monoisotopic (exact) mass is 618 g/mol. The largest absolute Gasteiger partial charge is 0.573 e. The zero-order chi connectivity index (χ0) is 31.2. The van der Waals surface area contributed by atoms with Crippen molar-refractivity contribution in [3.05, 3.63) is 94.5 Å². The lowest BCUT2D eigenvalue weighted by atomic mass is 10.0. The minimum Gasteiger partial charge on any atom is -0.406 e. The average Bonchev–Trinajstić information content (AvgIpc) is 3.59. The standard InChI is InChI=1S/C31H25F3N6O3S/c1-18(2)22-6-4-5-7-24(22)39-27(41)17-44-29(39)37-36-15-19-8-13-23-25(14-19)38(3)30(42)40-26(16-35-28(23)40)20-9-11-21(12-10-20)43-31(32,33)34/h4-16,18H,17H2,1-3H3/b36-15+,37-29-. The van der Waals surface area contributed by atoms with Gasteiger partial charge in [0.1, 0.15) is 5.75 Å². The number of aryl methyl sites for hydroxylation is 1. The number of benzene rings is 3. The number of amides is 1. The maximum absolute atomic E-state index is 13.4. The van der Waals surface area contributed by atoms with Gasteiger partial charge >= 0.3 is 12.1 Å². The van der Waals surface area contributed by atoms with E-state index in [0.29, 0.717) is 38.5 Å². The smallest absolute Gasteiger partial charge is 0.406 e. The Morgan fingerprint density at radius 3 is 2.52 bits per heavy atom. The molecule has 0 unspecified atom stereocenters. The molecule has 9 nitrogen and oxygen atoms in total. The highest BCUT2D eigenvalue weighted by molar-refractivity contribution is 8.15. The molecule has 0 aliphatic carbocycles. The van der Waals surface area contributed by atoms with Crippen LogP contribution < -0.4 is 15.3 Å². The van der Waals surface area contributed by atoms with Crippen molar-refractivity contribution >= 4 is 51.3 Å². The van der Waals surface area contributed by atoms with Gasteiger partial charge in [0.15, 0.2) is 10.8 Å². The number of rotatable bonds is 6. The molecule has 1 fully saturated rings. The van der Waals surface area contributed by atoms with Gasteiger partial charge in [0, 0.05) is 18.0 Å². The number of thioether (sulfide) groups is 1. The third kappa shape index (κ3) is 5.46. The molecule has 1 saturated heterocycles. The summed E-state index contributed by atoms with van der Waals surface area (Å²) in [6, 6.07) is 18.4. The van der Waals surface area contributed by atoms with Crippen molar-refractivity contribution in [2.45, 2.75) is 26.1 Å². The lowest BCUT2D eigenvalue weighted by Crippen LogP contribution is -2.30. The van der Waals surface area contributed by atoms with Crippen LogP contribution in [0.25, 0.3) is 27.8 Å². The number of carbonyl (C=O) groups excluding carboxylic acids is 1. The van der Waals surface area contributed by atoms with Crippen molar-refractivity contribution in [1.29, 1.82) is 0 Å². The van der Waals surface area contributed by atoms with Crippen LogP contribution in [-0.4, -0.2) is 43.4 Å². The highest BCUT2D eigenvalue weighted by atomic mass is 32.2. The molecule has 1 aliphatic heterocycles. The first-order chi connectivity index (χ1) is 21.0. The van der Waals surface area contributed by atoms with Gasteiger partial charge in [0.05, 0.1) is 35.1 Å². The van der Waals surface area contributed by atoms with Crippen LogP contribution in [0.4, 0.5) is 18.9 Å². The number of halogens is 3. The predicted molar refractivity (Wildman–Crippen MR) is 166 cm³/mol. The van der Waals surface area contributed by atoms with E-state index in [1.165, 1.54) is 51.2 Å². The van der Waals surface area contributed by atoms with Crippen molar-refractivity contribution in [2.75, 3.05) is 10.7 Å². The number of ether oxygens (including phenoxy) is 1. The second-order valence-electron chi connectivity index (χ2n) is 10.4. The number of fused-ring (bicyclic) bond motifs is 3. The molecule has 0 saturated carbocycles. The van der Waals surface area contributed by atoms with E-state index in [0.717, 1.165) is 11.3 Å². The number of hydrogen-bond donors (Lipinski definition) is 0. The number of imidazole rings is 1. The molecule has 0 radical (unpaired) electrons. The van der Waals surface area contributed by atoms with Crippen molar-refractivity contribution in [3.63, 3.8) is 0 Å². The highest BCUT2D eigenvalue weighted by Crippen LogP contribution is 2.33. The minimum atomic E-state index is -4.80. The zero-order valence-corrected chi connectivity index (χ0v) is 24.6. The van der Waals surface area contributed by atoms with Crippen LogP contribution in [0, 0.1) is 0 Å². The lowest BCUT2D eigenvalue weighted by molar-refractivity contribution is -0.274. The van der Waals surface area contributed by atoms with E-state index >= 15 is 0 Å². The summed E-state index contributed by atoms with van der Waals surface area (Å²) >= 11 is 1.32. The summed E-state index contributed by atoms with van der Waals surface area (Å²) in [6.07, 6.45) is -1.74. The van der Waals surface area contributed by atoms with Gasteiger partial charge in [-0.2, -0.15) is 5.10 Å². The summed E-state index contributed by atoms with van der Waals surface area (Å²) < 4.78 is 44.5. The summed E-state index contributed by atoms with van der Waals surface area (Å²) in [5, 5.41) is 9.79. The van der Waals surface area contributed by atoms with Crippen LogP contribution in [0.3, 0.4) is 0 Å². The SMILES string of the molecule is CC(C)c1ccccc1N1C(=O)CS/C1=N\N=C\c1ccc2c(c1)n(C)c(=O)n1c(-c3ccc(OC(F)(F)F)cc3)cnc21. The van der Waals surface area contributed by atoms with Gasteiger partial charge in [-0.3, -0.25) is 14.3 Å². The molecular formula is C31H25F3N6O3S. The van der Waals surface area contributed by atoms with Crippen LogP contribution in [0.2, 0.25) is 0 Å². The third-order valence-electron chi connectivity index (χ3n) is 7.16. The van der Waals surface area contributed by atoms with Crippen molar-refractivity contribution in [2.24, 2.45) is 17.3 Å². The molecule has 0 bridgehead atoms. The normalized spacial score (nSPS) is 15.1. The van der Waals surface area contributed by atoms with Gasteiger partial charge in [-0.25, -0.2) is 14.2 Å². The molecule has 0 atom stereocenters. The minimum absolute atomic E-state index is 0.0635. The number of para-hydroxylation sites is 1. The highest BCUT2D eigenvalue weighted by Gasteiger charge is 2.32. The first-order valence-electron chi connectivity index (χ1n) is 13.5. The van der Waals surface area contributed by atoms with Crippen LogP contribution in [0.15, 0.2) is 87.9 Å². The van der Waals surface area contributed by atoms with Crippen LogP contribution in [0.1, 0.15) is 30.9 Å². The Hall–Kier alpha value is -4.91. The molecular weight excluding hydrogens is 593 g/mol. The summed E-state index contributed by atoms with van der Waals surface area (Å²) in [4.78, 5) is 32.3. The molecule has 5 aromatic rings. The molecule has 3 aromatic carbocycles. The Labute approximate surface area is 253 Å². The zero-order valence-electron chi connectivity index (χ0n) is 23.7. The number of aromatic nitrogens is 3. The van der Waals surface area contributed by atoms with Gasteiger partial charge in [-0.05, 0) is 59.5 Å². The van der Waals surface area contributed by atoms with Crippen LogP contribution in [-0.2, 0) is 11.8 Å². The molecule has 3 heterocycles. The van der Waals surface area contributed by atoms with Gasteiger partial charge < -0.3 is 4.74 Å². The van der Waals surface area contributed by atoms with E-state index in [-0.39, 0.29) is 29.0 Å². The summed E-state index contributed by atoms with van der Waals surface area (Å²) in [7, 11) is 1.63. The quantitative estimate of drug-likeness (QED) is 0.164. The number of carbonyl (C=O) groups is 1. The molecule has 0 spiro atoms. The Bertz CT molecular complexity index is 2030. The van der Waals surface area contributed by atoms with E-state index in [4.69, 9.17) is 0 Å². The number of anilines is 1. The lowest BCUT2D eigenvalue weighted by Gasteiger charge is -2.20. The molecule has 1 aliphatic rings. The maximum Gasteiger partial charge on any atom is 0.573 e. The molecule has 13 heteroatoms. The summed E-state index contributed by atoms with van der Waals surface area (Å²) in [5.41, 5.74) is 4.05. The molecule has 0 N–H and O–H groups in total. The Morgan fingerprint density at radius 2 is 1.80 bits per heavy atom. The van der Waals surface area contributed by atoms with Gasteiger partial charge in [0.25, 0.3) is 0 Å². The fourth-order valence-corrected chi connectivity index (χ4v) is 5.93. The van der Waals surface area contributed by atoms with Crippen LogP contribution in [0.5, 0.6) is 5.75 Å². The Balaban J connectivity index is 1.32. The van der Waals surface area contributed by atoms with E-state index in [1.54, 1.807) is 24.2 Å². The third-order valence-corrected chi connectivity index (χ3v) is 8.08. The van der Waals surface area contributed by atoms with E-state index in [9.17, 15) is 22.8 Å². The second-order valence-corrected chi connectivity index (χ2v) is 11.3. The Morgan fingerprint density at radius 1 is 1.05 bits per heavy atom. The fourth-order valence-electron chi connectivity index (χ4n) is 5.11. The molecule has 6 rings (SSSR count). The first kappa shape index (κ1) is 29.2. The van der Waals surface area contributed by atoms with Gasteiger partial charge in [-0.1, -0.05) is 49.9 Å². The van der Waals surface area contributed by atoms with E-state index in [1.807, 2.05) is 36.4 Å². The van der Waals surface area contributed by atoms with E-state index in [2.05, 4.69) is 33.8 Å². The van der Waals surface area contributed by atoms with Crippen molar-refractivity contribution < 1.29 is 22.7 Å². The van der Waals surface area contributed by atoms with E-state index < -0.39 is 6.36 Å². The predicted octanol–water partition coefficient (Wildman–Crippen LogP) is 6.35. The molecule has 1 amide bonds. The summed E-state index contributed by atoms with van der Waals surface area (Å²) in [6.45, 7) is 4.14. The number of hydrogen-bond acceptors (Lipinski definition) is 7. The first-order valence-corrected chi connectivity index (χ1v) is 14.5. The number of amidine groups is 1. The summed E-state index contributed by atoms with van der Waals surface area (Å²) in [5.74, 6) is 0.0622.